The van der Waals surface area contributed by atoms with E-state index in [9.17, 15) is 9.59 Å². The number of anilines is 1. The van der Waals surface area contributed by atoms with Crippen molar-refractivity contribution in [2.24, 2.45) is 0 Å². The van der Waals surface area contributed by atoms with Crippen LogP contribution in [0.15, 0.2) is 29.6 Å². The number of carbonyl (C=O) groups is 2. The van der Waals surface area contributed by atoms with Gasteiger partial charge in [0, 0.05) is 42.1 Å². The van der Waals surface area contributed by atoms with Crippen molar-refractivity contribution in [2.45, 2.75) is 39.0 Å². The van der Waals surface area contributed by atoms with Gasteiger partial charge in [0.2, 0.25) is 5.91 Å². The molecule has 0 atom stereocenters. The Balaban J connectivity index is 1.30. The highest BCUT2D eigenvalue weighted by atomic mass is 32.1. The van der Waals surface area contributed by atoms with Crippen molar-refractivity contribution in [2.75, 3.05) is 38.0 Å². The third-order valence-electron chi connectivity index (χ3n) is 5.99. The molecule has 2 amide bonds. The fourth-order valence-electron chi connectivity index (χ4n) is 4.30. The van der Waals surface area contributed by atoms with Gasteiger partial charge in [-0.2, -0.15) is 0 Å². The number of fused-ring (bicyclic) bond motifs is 1. The Labute approximate surface area is 176 Å². The number of amides is 2. The van der Waals surface area contributed by atoms with E-state index >= 15 is 0 Å². The largest absolute Gasteiger partial charge is 0.336 e. The highest BCUT2D eigenvalue weighted by Crippen LogP contribution is 2.31. The van der Waals surface area contributed by atoms with Gasteiger partial charge in [0.25, 0.3) is 5.91 Å². The number of nitrogens with one attached hydrogen (secondary N) is 1. The van der Waals surface area contributed by atoms with E-state index in [1.165, 1.54) is 23.3 Å². The van der Waals surface area contributed by atoms with E-state index in [2.05, 4.69) is 22.5 Å². The molecule has 2 heterocycles. The summed E-state index contributed by atoms with van der Waals surface area (Å²) in [6.45, 7) is 5.30. The van der Waals surface area contributed by atoms with Crippen molar-refractivity contribution in [3.63, 3.8) is 0 Å². The molecular weight excluding hydrogens is 382 g/mol. The molecule has 1 N–H and O–H groups in total. The second-order valence-electron chi connectivity index (χ2n) is 7.89. The third kappa shape index (κ3) is 4.54. The van der Waals surface area contributed by atoms with Gasteiger partial charge in [0.05, 0.1) is 12.1 Å². The number of rotatable bonds is 5. The zero-order chi connectivity index (χ0) is 20.2. The van der Waals surface area contributed by atoms with Gasteiger partial charge in [-0.05, 0) is 49.3 Å². The van der Waals surface area contributed by atoms with Crippen LogP contribution in [-0.4, -0.2) is 54.3 Å². The third-order valence-corrected chi connectivity index (χ3v) is 7.08. The van der Waals surface area contributed by atoms with Crippen LogP contribution in [0.1, 0.15) is 46.1 Å². The molecule has 1 aromatic heterocycles. The predicted octanol–water partition coefficient (Wildman–Crippen LogP) is 3.59. The molecule has 2 aliphatic rings. The van der Waals surface area contributed by atoms with Gasteiger partial charge in [0.1, 0.15) is 0 Å². The first kappa shape index (κ1) is 20.1. The average molecular weight is 412 g/mol. The maximum absolute atomic E-state index is 13.0. The minimum Gasteiger partial charge on any atom is -0.336 e. The SMILES string of the molecule is CCc1ccccc1NC(=O)CN1CCN(C(=O)c2csc3c2CCCC3)CC1. The van der Waals surface area contributed by atoms with Gasteiger partial charge in [-0.15, -0.1) is 11.3 Å². The topological polar surface area (TPSA) is 52.7 Å². The first-order valence-electron chi connectivity index (χ1n) is 10.6. The summed E-state index contributed by atoms with van der Waals surface area (Å²) < 4.78 is 0. The number of hydrogen-bond donors (Lipinski definition) is 1. The molecule has 2 aromatic rings. The zero-order valence-corrected chi connectivity index (χ0v) is 17.9. The number of hydrogen-bond acceptors (Lipinski definition) is 4. The van der Waals surface area contributed by atoms with Gasteiger partial charge in [-0.1, -0.05) is 25.1 Å². The fraction of sp³-hybridized carbons (Fsp3) is 0.478. The molecule has 0 radical (unpaired) electrons. The van der Waals surface area contributed by atoms with Gasteiger partial charge < -0.3 is 10.2 Å². The number of para-hydroxylation sites is 1. The minimum absolute atomic E-state index is 0.0116. The summed E-state index contributed by atoms with van der Waals surface area (Å²) in [5.41, 5.74) is 4.26. The van der Waals surface area contributed by atoms with Crippen LogP contribution in [0.4, 0.5) is 5.69 Å². The Morgan fingerprint density at radius 2 is 1.83 bits per heavy atom. The average Bonchev–Trinajstić information content (AvgIpc) is 3.18. The molecule has 29 heavy (non-hydrogen) atoms. The molecule has 1 aliphatic carbocycles. The molecule has 0 bridgehead atoms. The van der Waals surface area contributed by atoms with Crippen molar-refractivity contribution < 1.29 is 9.59 Å². The number of piperazine rings is 1. The second-order valence-corrected chi connectivity index (χ2v) is 8.85. The summed E-state index contributed by atoms with van der Waals surface area (Å²) in [6.07, 6.45) is 5.48. The van der Waals surface area contributed by atoms with Crippen molar-refractivity contribution in [3.8, 4) is 0 Å². The molecule has 1 aromatic carbocycles. The van der Waals surface area contributed by atoms with Crippen LogP contribution in [0.5, 0.6) is 0 Å². The van der Waals surface area contributed by atoms with Crippen LogP contribution in [-0.2, 0) is 24.1 Å². The molecule has 1 fully saturated rings. The summed E-state index contributed by atoms with van der Waals surface area (Å²) in [6, 6.07) is 7.94. The Morgan fingerprint density at radius 1 is 1.07 bits per heavy atom. The number of carbonyl (C=O) groups excluding carboxylic acids is 2. The van der Waals surface area contributed by atoms with Gasteiger partial charge in [-0.3, -0.25) is 14.5 Å². The standard InChI is InChI=1S/C23H29N3O2S/c1-2-17-7-3-5-9-20(17)24-22(27)15-25-11-13-26(14-12-25)23(28)19-16-29-21-10-6-4-8-18(19)21/h3,5,7,9,16H,2,4,6,8,10-15H2,1H3,(H,24,27). The summed E-state index contributed by atoms with van der Waals surface area (Å²) in [7, 11) is 0. The van der Waals surface area contributed by atoms with Crippen molar-refractivity contribution in [1.29, 1.82) is 0 Å². The van der Waals surface area contributed by atoms with E-state index in [0.29, 0.717) is 19.6 Å². The zero-order valence-electron chi connectivity index (χ0n) is 17.1. The molecular formula is C23H29N3O2S. The Kier molecular flexibility index (Phi) is 6.31. The van der Waals surface area contributed by atoms with E-state index in [1.54, 1.807) is 11.3 Å². The summed E-state index contributed by atoms with van der Waals surface area (Å²) in [5, 5.41) is 5.10. The lowest BCUT2D eigenvalue weighted by molar-refractivity contribution is -0.117. The highest BCUT2D eigenvalue weighted by Gasteiger charge is 2.27. The molecule has 154 valence electrons. The fourth-order valence-corrected chi connectivity index (χ4v) is 5.42. The van der Waals surface area contributed by atoms with Crippen LogP contribution in [0.2, 0.25) is 0 Å². The lowest BCUT2D eigenvalue weighted by atomic mass is 9.95. The number of thiophene rings is 1. The molecule has 6 heteroatoms. The Hall–Kier alpha value is -2.18. The van der Waals surface area contributed by atoms with Crippen LogP contribution >= 0.6 is 11.3 Å². The lowest BCUT2D eigenvalue weighted by Crippen LogP contribution is -2.50. The monoisotopic (exact) mass is 411 g/mol. The maximum Gasteiger partial charge on any atom is 0.255 e. The Morgan fingerprint density at radius 3 is 2.62 bits per heavy atom. The molecule has 1 aliphatic heterocycles. The molecule has 4 rings (SSSR count). The van der Waals surface area contributed by atoms with E-state index < -0.39 is 0 Å². The second kappa shape index (κ2) is 9.09. The summed E-state index contributed by atoms with van der Waals surface area (Å²) in [5.74, 6) is 0.183. The molecule has 0 unspecified atom stereocenters. The predicted molar refractivity (Wildman–Crippen MR) is 118 cm³/mol. The quantitative estimate of drug-likeness (QED) is 0.818. The van der Waals surface area contributed by atoms with Gasteiger partial charge in [0.15, 0.2) is 0 Å². The van der Waals surface area contributed by atoms with Crippen LogP contribution in [0.3, 0.4) is 0 Å². The minimum atomic E-state index is 0.0116. The molecule has 5 nitrogen and oxygen atoms in total. The van der Waals surface area contributed by atoms with Crippen molar-refractivity contribution in [1.82, 2.24) is 9.80 Å². The maximum atomic E-state index is 13.0. The smallest absolute Gasteiger partial charge is 0.255 e. The number of benzene rings is 1. The summed E-state index contributed by atoms with van der Waals surface area (Å²) in [4.78, 5) is 31.0. The molecule has 0 spiro atoms. The number of aryl methyl sites for hydroxylation is 2. The Bertz CT molecular complexity index is 884. The van der Waals surface area contributed by atoms with Crippen molar-refractivity contribution in [3.05, 3.63) is 51.2 Å². The normalized spacial score (nSPS) is 17.1. The van der Waals surface area contributed by atoms with Crippen LogP contribution in [0.25, 0.3) is 0 Å². The molecule has 1 saturated heterocycles. The van der Waals surface area contributed by atoms with Crippen LogP contribution in [0, 0.1) is 0 Å². The first-order valence-corrected chi connectivity index (χ1v) is 11.5. The molecule has 0 saturated carbocycles. The van der Waals surface area contributed by atoms with E-state index in [4.69, 9.17) is 0 Å². The van der Waals surface area contributed by atoms with Crippen LogP contribution < -0.4 is 5.32 Å². The number of nitrogens with zero attached hydrogens (tertiary/aromatic N) is 2. The highest BCUT2D eigenvalue weighted by molar-refractivity contribution is 7.10. The van der Waals surface area contributed by atoms with E-state index in [1.807, 2.05) is 29.2 Å². The van der Waals surface area contributed by atoms with Gasteiger partial charge >= 0.3 is 0 Å². The lowest BCUT2D eigenvalue weighted by Gasteiger charge is -2.34. The first-order chi connectivity index (χ1) is 14.2. The summed E-state index contributed by atoms with van der Waals surface area (Å²) >= 11 is 1.75. The van der Waals surface area contributed by atoms with Gasteiger partial charge in [-0.25, -0.2) is 0 Å². The van der Waals surface area contributed by atoms with E-state index in [0.717, 1.165) is 49.2 Å². The van der Waals surface area contributed by atoms with Crippen molar-refractivity contribution >= 4 is 28.8 Å². The van der Waals surface area contributed by atoms with E-state index in [-0.39, 0.29) is 11.8 Å².